The van der Waals surface area contributed by atoms with E-state index in [0.717, 1.165) is 0 Å². The summed E-state index contributed by atoms with van der Waals surface area (Å²) in [6, 6.07) is 6.22. The first-order valence-corrected chi connectivity index (χ1v) is 11.3. The number of nitrogens with zero attached hydrogens (tertiary/aromatic N) is 3. The summed E-state index contributed by atoms with van der Waals surface area (Å²) in [5, 5.41) is 3.32. The topological polar surface area (TPSA) is 84.4 Å². The first-order chi connectivity index (χ1) is 16.3. The Balaban J connectivity index is 1.68. The van der Waals surface area contributed by atoms with Crippen molar-refractivity contribution in [3.8, 4) is 5.75 Å². The SMILES string of the molecule is C=CC(=O)N1CCC(C(=O)c2cc3c(Nc4ccc(Cl)c(Cl)c4F)ncnc3cc2OC)CC1. The van der Waals surface area contributed by atoms with Crippen molar-refractivity contribution in [2.24, 2.45) is 5.92 Å². The second kappa shape index (κ2) is 9.95. The van der Waals surface area contributed by atoms with E-state index in [1.807, 2.05) is 0 Å². The number of aromatic nitrogens is 2. The van der Waals surface area contributed by atoms with Crippen molar-refractivity contribution < 1.29 is 18.7 Å². The van der Waals surface area contributed by atoms with Crippen LogP contribution in [0.2, 0.25) is 10.0 Å². The molecule has 1 aromatic heterocycles. The van der Waals surface area contributed by atoms with Gasteiger partial charge >= 0.3 is 0 Å². The number of ether oxygens (including phenoxy) is 1. The lowest BCUT2D eigenvalue weighted by atomic mass is 9.88. The first-order valence-electron chi connectivity index (χ1n) is 10.5. The number of piperidine rings is 1. The van der Waals surface area contributed by atoms with Crippen LogP contribution in [0, 0.1) is 11.7 Å². The number of hydrogen-bond donors (Lipinski definition) is 1. The van der Waals surface area contributed by atoms with Crippen molar-refractivity contribution in [3.05, 3.63) is 64.7 Å². The third-order valence-corrected chi connectivity index (χ3v) is 6.64. The van der Waals surface area contributed by atoms with Gasteiger partial charge in [-0.3, -0.25) is 9.59 Å². The molecule has 1 amide bonds. The number of benzene rings is 2. The number of likely N-dealkylation sites (tertiary alicyclic amines) is 1. The molecule has 176 valence electrons. The molecule has 2 aromatic carbocycles. The summed E-state index contributed by atoms with van der Waals surface area (Å²) in [4.78, 5) is 35.4. The first kappa shape index (κ1) is 23.9. The Labute approximate surface area is 205 Å². The third kappa shape index (κ3) is 4.56. The van der Waals surface area contributed by atoms with E-state index >= 15 is 0 Å². The maximum atomic E-state index is 14.6. The average molecular weight is 503 g/mol. The minimum atomic E-state index is -0.716. The molecule has 1 saturated heterocycles. The number of Topliss-reactive ketones (excluding diaryl/α,β-unsaturated/α-hetero) is 1. The van der Waals surface area contributed by atoms with E-state index < -0.39 is 5.82 Å². The molecule has 1 fully saturated rings. The highest BCUT2D eigenvalue weighted by Crippen LogP contribution is 2.35. The molecule has 0 aliphatic carbocycles. The van der Waals surface area contributed by atoms with Gasteiger partial charge in [-0.05, 0) is 37.1 Å². The molecular formula is C24H21Cl2FN4O3. The zero-order valence-electron chi connectivity index (χ0n) is 18.3. The van der Waals surface area contributed by atoms with E-state index in [0.29, 0.717) is 54.0 Å². The second-order valence-corrected chi connectivity index (χ2v) is 8.59. The van der Waals surface area contributed by atoms with Gasteiger partial charge in [-0.25, -0.2) is 14.4 Å². The second-order valence-electron chi connectivity index (χ2n) is 7.81. The lowest BCUT2D eigenvalue weighted by molar-refractivity contribution is -0.127. The summed E-state index contributed by atoms with van der Waals surface area (Å²) >= 11 is 11.8. The molecule has 7 nitrogen and oxygen atoms in total. The standard InChI is InChI=1S/C24H21Cl2FN4O3/c1-3-20(32)31-8-6-13(7-9-31)23(33)15-10-14-18(11-19(15)34-2)28-12-29-24(14)30-17-5-4-16(25)21(26)22(17)27/h3-5,10-13H,1,6-9H2,2H3,(H,28,29,30). The molecule has 1 N–H and O–H groups in total. The van der Waals surface area contributed by atoms with Crippen molar-refractivity contribution in [2.45, 2.75) is 12.8 Å². The van der Waals surface area contributed by atoms with E-state index in [9.17, 15) is 14.0 Å². The zero-order chi connectivity index (χ0) is 24.4. The lowest BCUT2D eigenvalue weighted by Crippen LogP contribution is -2.39. The molecule has 0 atom stereocenters. The Morgan fingerprint density at radius 1 is 1.24 bits per heavy atom. The van der Waals surface area contributed by atoms with Gasteiger partial charge in [0, 0.05) is 30.5 Å². The highest BCUT2D eigenvalue weighted by molar-refractivity contribution is 6.42. The van der Waals surface area contributed by atoms with Gasteiger partial charge in [0.2, 0.25) is 5.91 Å². The predicted molar refractivity (Wildman–Crippen MR) is 130 cm³/mol. The molecule has 4 rings (SSSR count). The van der Waals surface area contributed by atoms with Crippen LogP contribution in [0.25, 0.3) is 10.9 Å². The number of fused-ring (bicyclic) bond motifs is 1. The van der Waals surface area contributed by atoms with Crippen LogP contribution in [0.15, 0.2) is 43.2 Å². The Hall–Kier alpha value is -3.23. The van der Waals surface area contributed by atoms with Crippen LogP contribution in [0.3, 0.4) is 0 Å². The largest absolute Gasteiger partial charge is 0.496 e. The number of halogens is 3. The van der Waals surface area contributed by atoms with E-state index in [-0.39, 0.29) is 33.3 Å². The van der Waals surface area contributed by atoms with Crippen molar-refractivity contribution in [2.75, 3.05) is 25.5 Å². The summed E-state index contributed by atoms with van der Waals surface area (Å²) in [5.41, 5.74) is 0.964. The summed E-state index contributed by atoms with van der Waals surface area (Å²) in [5.74, 6) is -0.547. The van der Waals surface area contributed by atoms with Crippen LogP contribution < -0.4 is 10.1 Å². The molecule has 10 heteroatoms. The van der Waals surface area contributed by atoms with Crippen molar-refractivity contribution in [1.82, 2.24) is 14.9 Å². The minimum Gasteiger partial charge on any atom is -0.496 e. The van der Waals surface area contributed by atoms with Gasteiger partial charge in [0.05, 0.1) is 33.9 Å². The molecular weight excluding hydrogens is 482 g/mol. The molecule has 2 heterocycles. The molecule has 3 aromatic rings. The van der Waals surface area contributed by atoms with Gasteiger partial charge in [-0.15, -0.1) is 0 Å². The molecule has 1 aliphatic heterocycles. The highest BCUT2D eigenvalue weighted by Gasteiger charge is 2.29. The third-order valence-electron chi connectivity index (χ3n) is 5.86. The Bertz CT molecular complexity index is 1290. The molecule has 1 aliphatic rings. The van der Waals surface area contributed by atoms with Gasteiger partial charge in [-0.1, -0.05) is 29.8 Å². The summed E-state index contributed by atoms with van der Waals surface area (Å²) in [6.07, 6.45) is 3.67. The predicted octanol–water partition coefficient (Wildman–Crippen LogP) is 5.44. The Kier molecular flexibility index (Phi) is 7.00. The smallest absolute Gasteiger partial charge is 0.245 e. The number of methoxy groups -OCH3 is 1. The maximum absolute atomic E-state index is 14.6. The van der Waals surface area contributed by atoms with Crippen LogP contribution >= 0.6 is 23.2 Å². The zero-order valence-corrected chi connectivity index (χ0v) is 19.8. The van der Waals surface area contributed by atoms with E-state index in [4.69, 9.17) is 27.9 Å². The number of hydrogen-bond acceptors (Lipinski definition) is 6. The molecule has 0 unspecified atom stereocenters. The van der Waals surface area contributed by atoms with Crippen molar-refractivity contribution >= 4 is 57.3 Å². The van der Waals surface area contributed by atoms with Crippen LogP contribution in [-0.2, 0) is 4.79 Å². The number of ketones is 1. The van der Waals surface area contributed by atoms with E-state index in [1.165, 1.54) is 31.6 Å². The monoisotopic (exact) mass is 502 g/mol. The molecule has 0 bridgehead atoms. The van der Waals surface area contributed by atoms with Crippen molar-refractivity contribution in [1.29, 1.82) is 0 Å². The number of anilines is 2. The van der Waals surface area contributed by atoms with Gasteiger partial charge in [-0.2, -0.15) is 0 Å². The summed E-state index contributed by atoms with van der Waals surface area (Å²) < 4.78 is 20.1. The molecule has 0 saturated carbocycles. The Morgan fingerprint density at radius 3 is 2.65 bits per heavy atom. The highest BCUT2D eigenvalue weighted by atomic mass is 35.5. The molecule has 0 spiro atoms. The van der Waals surface area contributed by atoms with Crippen LogP contribution in [0.5, 0.6) is 5.75 Å². The fraction of sp³-hybridized carbons (Fsp3) is 0.250. The van der Waals surface area contributed by atoms with Crippen LogP contribution in [0.4, 0.5) is 15.9 Å². The number of rotatable bonds is 6. The fourth-order valence-electron chi connectivity index (χ4n) is 4.01. The number of amides is 1. The number of carbonyl (C=O) groups is 2. The Morgan fingerprint density at radius 2 is 1.97 bits per heavy atom. The van der Waals surface area contributed by atoms with Crippen molar-refractivity contribution in [3.63, 3.8) is 0 Å². The van der Waals surface area contributed by atoms with Gasteiger partial charge < -0.3 is 15.0 Å². The van der Waals surface area contributed by atoms with E-state index in [1.54, 1.807) is 17.0 Å². The van der Waals surface area contributed by atoms with Gasteiger partial charge in [0.15, 0.2) is 11.6 Å². The van der Waals surface area contributed by atoms with Gasteiger partial charge in [0.1, 0.15) is 17.9 Å². The quantitative estimate of drug-likeness (QED) is 0.274. The average Bonchev–Trinajstić information content (AvgIpc) is 2.87. The fourth-order valence-corrected chi connectivity index (χ4v) is 4.32. The van der Waals surface area contributed by atoms with Crippen LogP contribution in [0.1, 0.15) is 23.2 Å². The number of carbonyl (C=O) groups excluding carboxylic acids is 2. The van der Waals surface area contributed by atoms with E-state index in [2.05, 4.69) is 21.9 Å². The minimum absolute atomic E-state index is 0.0809. The van der Waals surface area contributed by atoms with Crippen LogP contribution in [-0.4, -0.2) is 46.8 Å². The van der Waals surface area contributed by atoms with Gasteiger partial charge in [0.25, 0.3) is 0 Å². The summed E-state index contributed by atoms with van der Waals surface area (Å²) in [6.45, 7) is 4.46. The lowest BCUT2D eigenvalue weighted by Gasteiger charge is -2.30. The molecule has 0 radical (unpaired) electrons. The molecule has 34 heavy (non-hydrogen) atoms. The number of nitrogens with one attached hydrogen (secondary N) is 1. The maximum Gasteiger partial charge on any atom is 0.245 e. The summed E-state index contributed by atoms with van der Waals surface area (Å²) in [7, 11) is 1.48. The normalized spacial score (nSPS) is 14.2.